The molecule has 4 aromatic rings. The van der Waals surface area contributed by atoms with Gasteiger partial charge in [-0.15, -0.1) is 0 Å². The Morgan fingerprint density at radius 2 is 2.02 bits per heavy atom. The molecule has 0 unspecified atom stereocenters. The second kappa shape index (κ2) is 11.5. The van der Waals surface area contributed by atoms with Crippen molar-refractivity contribution in [3.63, 3.8) is 0 Å². The van der Waals surface area contributed by atoms with Crippen molar-refractivity contribution in [1.82, 2.24) is 25.3 Å². The van der Waals surface area contributed by atoms with Crippen molar-refractivity contribution in [1.29, 1.82) is 0 Å². The molecule has 0 saturated carbocycles. The molecule has 1 atom stereocenters. The zero-order valence-electron chi connectivity index (χ0n) is 22.3. The molecule has 6 rings (SSSR count). The predicted molar refractivity (Wildman–Crippen MR) is 152 cm³/mol. The van der Waals surface area contributed by atoms with Crippen LogP contribution < -0.4 is 20.4 Å². The summed E-state index contributed by atoms with van der Waals surface area (Å²) in [5.41, 5.74) is 1.42. The van der Waals surface area contributed by atoms with Gasteiger partial charge in [-0.1, -0.05) is 18.2 Å². The van der Waals surface area contributed by atoms with Crippen LogP contribution in [0.4, 0.5) is 27.8 Å². The average Bonchev–Trinajstić information content (AvgIpc) is 2.99. The van der Waals surface area contributed by atoms with E-state index in [-0.39, 0.29) is 11.6 Å². The molecule has 2 aromatic carbocycles. The first-order valence-electron chi connectivity index (χ1n) is 13.6. The maximum absolute atomic E-state index is 15.6. The van der Waals surface area contributed by atoms with Gasteiger partial charge >= 0.3 is 0 Å². The van der Waals surface area contributed by atoms with E-state index in [0.717, 1.165) is 35.7 Å². The number of carbonyl (C=O) groups is 1. The number of halogens is 1. The molecule has 2 aliphatic rings. The second-order valence-corrected chi connectivity index (χ2v) is 10.0. The van der Waals surface area contributed by atoms with Crippen LogP contribution in [0.1, 0.15) is 28.8 Å². The third-order valence-electron chi connectivity index (χ3n) is 7.37. The van der Waals surface area contributed by atoms with Crippen LogP contribution in [-0.2, 0) is 4.74 Å². The zero-order valence-corrected chi connectivity index (χ0v) is 22.3. The summed E-state index contributed by atoms with van der Waals surface area (Å²) in [5.74, 6) is 0.318. The Morgan fingerprint density at radius 3 is 2.83 bits per heavy atom. The number of morpholine rings is 1. The van der Waals surface area contributed by atoms with Crippen molar-refractivity contribution in [2.45, 2.75) is 25.8 Å². The number of hydrogen-bond acceptors (Lipinski definition) is 9. The van der Waals surface area contributed by atoms with Gasteiger partial charge in [0.25, 0.3) is 5.91 Å². The summed E-state index contributed by atoms with van der Waals surface area (Å²) in [6, 6.07) is 12.2. The average molecular weight is 543 g/mol. The van der Waals surface area contributed by atoms with Crippen LogP contribution in [-0.4, -0.2) is 71.3 Å². The van der Waals surface area contributed by atoms with Gasteiger partial charge in [0.1, 0.15) is 18.0 Å². The number of pyridine rings is 1. The molecule has 10 nitrogen and oxygen atoms in total. The number of benzene rings is 2. The molecule has 206 valence electrons. The second-order valence-electron chi connectivity index (χ2n) is 10.0. The fourth-order valence-corrected chi connectivity index (χ4v) is 5.35. The molecule has 1 amide bonds. The number of ether oxygens (including phenoxy) is 1. The topological polar surface area (TPSA) is 108 Å². The minimum atomic E-state index is -0.636. The molecule has 0 radical (unpaired) electrons. The first-order chi connectivity index (χ1) is 19.6. The molecule has 2 aliphatic heterocycles. The lowest BCUT2D eigenvalue weighted by atomic mass is 10.0. The predicted octanol–water partition coefficient (Wildman–Crippen LogP) is 3.85. The highest BCUT2D eigenvalue weighted by molar-refractivity contribution is 6.11. The zero-order chi connectivity index (χ0) is 27.5. The Hall–Kier alpha value is -4.22. The maximum Gasteiger partial charge on any atom is 0.262 e. The Balaban J connectivity index is 1.30. The summed E-state index contributed by atoms with van der Waals surface area (Å²) < 4.78 is 21.0. The number of aryl methyl sites for hydroxylation is 1. The van der Waals surface area contributed by atoms with Crippen molar-refractivity contribution < 1.29 is 13.9 Å². The van der Waals surface area contributed by atoms with Crippen LogP contribution in [0.5, 0.6) is 0 Å². The van der Waals surface area contributed by atoms with Gasteiger partial charge in [0.2, 0.25) is 11.9 Å². The van der Waals surface area contributed by atoms with Crippen LogP contribution in [0.25, 0.3) is 10.8 Å². The summed E-state index contributed by atoms with van der Waals surface area (Å²) in [7, 11) is 0. The largest absolute Gasteiger partial charge is 0.378 e. The van der Waals surface area contributed by atoms with Crippen molar-refractivity contribution in [2.75, 3.05) is 54.5 Å². The first kappa shape index (κ1) is 26.0. The molecule has 2 N–H and O–H groups in total. The van der Waals surface area contributed by atoms with Gasteiger partial charge in [-0.2, -0.15) is 4.98 Å². The highest BCUT2D eigenvalue weighted by atomic mass is 19.1. The number of carbonyl (C=O) groups excluding carboxylic acids is 1. The Bertz CT molecular complexity index is 1520. The normalized spacial score (nSPS) is 17.6. The van der Waals surface area contributed by atoms with Gasteiger partial charge in [-0.05, 0) is 61.5 Å². The van der Waals surface area contributed by atoms with E-state index in [2.05, 4.69) is 30.6 Å². The molecule has 40 heavy (non-hydrogen) atoms. The smallest absolute Gasteiger partial charge is 0.262 e. The van der Waals surface area contributed by atoms with E-state index in [9.17, 15) is 4.79 Å². The fourth-order valence-electron chi connectivity index (χ4n) is 5.35. The van der Waals surface area contributed by atoms with Crippen LogP contribution >= 0.6 is 0 Å². The lowest BCUT2D eigenvalue weighted by Gasteiger charge is -2.35. The van der Waals surface area contributed by atoms with E-state index in [0.29, 0.717) is 56.2 Å². The number of hydrogen-bond donors (Lipinski definition) is 2. The Morgan fingerprint density at radius 1 is 1.15 bits per heavy atom. The van der Waals surface area contributed by atoms with E-state index >= 15 is 4.39 Å². The molecule has 0 bridgehead atoms. The minimum absolute atomic E-state index is 0.0202. The van der Waals surface area contributed by atoms with Crippen molar-refractivity contribution >= 4 is 40.1 Å². The van der Waals surface area contributed by atoms with Gasteiger partial charge in [0, 0.05) is 36.9 Å². The third kappa shape index (κ3) is 5.30. The summed E-state index contributed by atoms with van der Waals surface area (Å²) >= 11 is 0. The third-order valence-corrected chi connectivity index (χ3v) is 7.37. The number of piperidine rings is 1. The van der Waals surface area contributed by atoms with E-state index < -0.39 is 11.7 Å². The quantitative estimate of drug-likeness (QED) is 0.376. The molecular formula is C29H31FN8O2. The number of nitrogens with one attached hydrogen (secondary N) is 2. The highest BCUT2D eigenvalue weighted by Crippen LogP contribution is 2.32. The SMILES string of the molecule is Cc1cccc2ccnc(N(C(=O)c3ccc(Nc4ncnc(N5CCOCC5)n4)cc3F)[C@@H]3CCCNC3)c12. The van der Waals surface area contributed by atoms with Crippen molar-refractivity contribution in [3.8, 4) is 0 Å². The minimum Gasteiger partial charge on any atom is -0.378 e. The van der Waals surface area contributed by atoms with E-state index in [1.807, 2.05) is 36.1 Å². The maximum atomic E-state index is 15.6. The van der Waals surface area contributed by atoms with Crippen molar-refractivity contribution in [2.24, 2.45) is 0 Å². The molecule has 2 aromatic heterocycles. The Kier molecular flexibility index (Phi) is 7.47. The van der Waals surface area contributed by atoms with Gasteiger partial charge in [0.05, 0.1) is 24.8 Å². The number of nitrogens with zero attached hydrogens (tertiary/aromatic N) is 6. The number of amides is 1. The molecular weight excluding hydrogens is 511 g/mol. The molecule has 11 heteroatoms. The Labute approximate surface area is 231 Å². The van der Waals surface area contributed by atoms with Crippen LogP contribution in [0.2, 0.25) is 0 Å². The number of aromatic nitrogens is 4. The van der Waals surface area contributed by atoms with Crippen LogP contribution in [0.15, 0.2) is 55.0 Å². The fraction of sp³-hybridized carbons (Fsp3) is 0.345. The van der Waals surface area contributed by atoms with Gasteiger partial charge in [-0.25, -0.2) is 19.3 Å². The summed E-state index contributed by atoms with van der Waals surface area (Å²) in [5, 5.41) is 8.30. The van der Waals surface area contributed by atoms with E-state index in [1.54, 1.807) is 17.2 Å². The standard InChI is InChI=1S/C29H31FN8O2/c1-19-4-2-5-20-9-11-32-26(25(19)20)38(22-6-3-10-31-17-22)27(39)23-8-7-21(16-24(23)30)35-28-33-18-34-29(36-28)37-12-14-40-15-13-37/h2,4-5,7-9,11,16,18,22,31H,3,6,10,12-15,17H2,1H3,(H,33,34,35,36)/t22-/m1/s1. The lowest BCUT2D eigenvalue weighted by Crippen LogP contribution is -2.49. The molecule has 2 fully saturated rings. The number of rotatable bonds is 6. The van der Waals surface area contributed by atoms with Gasteiger partial charge in [0.15, 0.2) is 0 Å². The lowest BCUT2D eigenvalue weighted by molar-refractivity contribution is 0.0968. The molecule has 4 heterocycles. The number of fused-ring (bicyclic) bond motifs is 1. The monoisotopic (exact) mass is 542 g/mol. The summed E-state index contributed by atoms with van der Waals surface area (Å²) in [6.45, 7) is 6.09. The van der Waals surface area contributed by atoms with E-state index in [1.165, 1.54) is 18.5 Å². The number of anilines is 4. The van der Waals surface area contributed by atoms with Crippen molar-refractivity contribution in [3.05, 3.63) is 71.9 Å². The molecule has 0 spiro atoms. The van der Waals surface area contributed by atoms with Gasteiger partial charge in [-0.3, -0.25) is 9.69 Å². The molecule has 0 aliphatic carbocycles. The highest BCUT2D eigenvalue weighted by Gasteiger charge is 2.31. The van der Waals surface area contributed by atoms with Crippen LogP contribution in [0.3, 0.4) is 0 Å². The van der Waals surface area contributed by atoms with Gasteiger partial charge < -0.3 is 20.3 Å². The summed E-state index contributed by atoms with van der Waals surface area (Å²) in [6.07, 6.45) is 4.84. The van der Waals surface area contributed by atoms with E-state index in [4.69, 9.17) is 4.74 Å². The van der Waals surface area contributed by atoms with Crippen LogP contribution in [0, 0.1) is 12.7 Å². The molecule has 2 saturated heterocycles. The summed E-state index contributed by atoms with van der Waals surface area (Å²) in [4.78, 5) is 35.3. The first-order valence-corrected chi connectivity index (χ1v) is 13.6.